The molecule has 0 aromatic rings. The first-order valence-corrected chi connectivity index (χ1v) is 7.01. The molecule has 0 fully saturated rings. The van der Waals surface area contributed by atoms with Gasteiger partial charge < -0.3 is 15.7 Å². The zero-order chi connectivity index (χ0) is 15.7. The molecule has 3 N–H and O–H groups in total. The molecule has 6 heteroatoms. The number of carboxylic acids is 1. The molecule has 1 atom stereocenters. The zero-order valence-electron chi connectivity index (χ0n) is 12.7. The Balaban J connectivity index is 4.43. The Morgan fingerprint density at radius 2 is 1.65 bits per heavy atom. The lowest BCUT2D eigenvalue weighted by Gasteiger charge is -2.18. The van der Waals surface area contributed by atoms with Gasteiger partial charge in [0.2, 0.25) is 11.8 Å². The van der Waals surface area contributed by atoms with Gasteiger partial charge in [-0.2, -0.15) is 0 Å². The lowest BCUT2D eigenvalue weighted by atomic mass is 10.1. The Bertz CT molecular complexity index is 340. The average molecular weight is 286 g/mol. The molecule has 2 amide bonds. The van der Waals surface area contributed by atoms with Crippen molar-refractivity contribution in [3.8, 4) is 0 Å². The van der Waals surface area contributed by atoms with Gasteiger partial charge in [-0.1, -0.05) is 27.7 Å². The van der Waals surface area contributed by atoms with Crippen LogP contribution >= 0.6 is 0 Å². The van der Waals surface area contributed by atoms with E-state index < -0.39 is 24.3 Å². The SMILES string of the molecule is CC(C)CCC(=O)NC(CC(=O)O)C(=O)NCC(C)C. The Labute approximate surface area is 120 Å². The van der Waals surface area contributed by atoms with E-state index in [1.165, 1.54) is 0 Å². The van der Waals surface area contributed by atoms with Crippen LogP contribution in [0.4, 0.5) is 0 Å². The van der Waals surface area contributed by atoms with Crippen LogP contribution in [0.25, 0.3) is 0 Å². The maximum Gasteiger partial charge on any atom is 0.305 e. The summed E-state index contributed by atoms with van der Waals surface area (Å²) in [5.41, 5.74) is 0. The fraction of sp³-hybridized carbons (Fsp3) is 0.786. The van der Waals surface area contributed by atoms with Crippen molar-refractivity contribution in [3.63, 3.8) is 0 Å². The minimum atomic E-state index is -1.11. The normalized spacial score (nSPS) is 12.3. The predicted molar refractivity (Wildman–Crippen MR) is 76.1 cm³/mol. The molecule has 0 radical (unpaired) electrons. The Kier molecular flexibility index (Phi) is 8.59. The third kappa shape index (κ3) is 9.35. The molecule has 0 heterocycles. The van der Waals surface area contributed by atoms with Crippen molar-refractivity contribution >= 4 is 17.8 Å². The van der Waals surface area contributed by atoms with Crippen LogP contribution < -0.4 is 10.6 Å². The van der Waals surface area contributed by atoms with Gasteiger partial charge in [0.25, 0.3) is 0 Å². The lowest BCUT2D eigenvalue weighted by molar-refractivity contribution is -0.140. The number of carbonyl (C=O) groups excluding carboxylic acids is 2. The van der Waals surface area contributed by atoms with Crippen molar-refractivity contribution in [2.24, 2.45) is 11.8 Å². The third-order valence-electron chi connectivity index (χ3n) is 2.66. The number of carbonyl (C=O) groups is 3. The molecule has 0 aromatic carbocycles. The molecule has 0 spiro atoms. The average Bonchev–Trinajstić information content (AvgIpc) is 2.32. The molecule has 20 heavy (non-hydrogen) atoms. The summed E-state index contributed by atoms with van der Waals surface area (Å²) in [4.78, 5) is 34.3. The first-order chi connectivity index (χ1) is 9.22. The second-order valence-corrected chi connectivity index (χ2v) is 5.79. The largest absolute Gasteiger partial charge is 0.481 e. The topological polar surface area (TPSA) is 95.5 Å². The van der Waals surface area contributed by atoms with Gasteiger partial charge in [-0.15, -0.1) is 0 Å². The highest BCUT2D eigenvalue weighted by molar-refractivity contribution is 5.90. The second kappa shape index (κ2) is 9.34. The molecule has 0 aliphatic heterocycles. The Morgan fingerprint density at radius 3 is 2.10 bits per heavy atom. The Hall–Kier alpha value is -1.59. The Morgan fingerprint density at radius 1 is 1.05 bits per heavy atom. The summed E-state index contributed by atoms with van der Waals surface area (Å²) in [6.07, 6.45) is 0.599. The lowest BCUT2D eigenvalue weighted by Crippen LogP contribution is -2.48. The zero-order valence-corrected chi connectivity index (χ0v) is 12.7. The van der Waals surface area contributed by atoms with Crippen molar-refractivity contribution < 1.29 is 19.5 Å². The van der Waals surface area contributed by atoms with Crippen LogP contribution in [0.15, 0.2) is 0 Å². The van der Waals surface area contributed by atoms with Gasteiger partial charge in [0.15, 0.2) is 0 Å². The summed E-state index contributed by atoms with van der Waals surface area (Å²) >= 11 is 0. The molecular weight excluding hydrogens is 260 g/mol. The maximum atomic E-state index is 11.9. The molecule has 0 aromatic heterocycles. The van der Waals surface area contributed by atoms with Crippen LogP contribution in [0.3, 0.4) is 0 Å². The maximum absolute atomic E-state index is 11.9. The molecule has 0 aliphatic carbocycles. The molecule has 0 rings (SSSR count). The van der Waals surface area contributed by atoms with E-state index in [0.29, 0.717) is 25.3 Å². The van der Waals surface area contributed by atoms with Gasteiger partial charge in [0.1, 0.15) is 6.04 Å². The minimum Gasteiger partial charge on any atom is -0.481 e. The fourth-order valence-corrected chi connectivity index (χ4v) is 1.50. The molecule has 1 unspecified atom stereocenters. The third-order valence-corrected chi connectivity index (χ3v) is 2.66. The van der Waals surface area contributed by atoms with E-state index in [9.17, 15) is 14.4 Å². The quantitative estimate of drug-likeness (QED) is 0.592. The van der Waals surface area contributed by atoms with Gasteiger partial charge >= 0.3 is 5.97 Å². The van der Waals surface area contributed by atoms with Crippen LogP contribution in [-0.4, -0.2) is 35.5 Å². The molecule has 0 saturated heterocycles. The van der Waals surface area contributed by atoms with Gasteiger partial charge in [-0.05, 0) is 18.3 Å². The fourth-order valence-electron chi connectivity index (χ4n) is 1.50. The van der Waals surface area contributed by atoms with Crippen molar-refractivity contribution in [2.75, 3.05) is 6.54 Å². The van der Waals surface area contributed by atoms with Gasteiger partial charge in [0, 0.05) is 13.0 Å². The number of hydrogen-bond acceptors (Lipinski definition) is 3. The van der Waals surface area contributed by atoms with Gasteiger partial charge in [0.05, 0.1) is 6.42 Å². The van der Waals surface area contributed by atoms with Crippen LogP contribution in [0.1, 0.15) is 47.0 Å². The van der Waals surface area contributed by atoms with E-state index in [1.807, 2.05) is 27.7 Å². The second-order valence-electron chi connectivity index (χ2n) is 5.79. The number of carboxylic acid groups (broad SMARTS) is 1. The van der Waals surface area contributed by atoms with Crippen LogP contribution in [0.5, 0.6) is 0 Å². The number of nitrogens with one attached hydrogen (secondary N) is 2. The number of amides is 2. The first-order valence-electron chi connectivity index (χ1n) is 7.01. The summed E-state index contributed by atoms with van der Waals surface area (Å²) in [6.45, 7) is 8.33. The smallest absolute Gasteiger partial charge is 0.305 e. The summed E-state index contributed by atoms with van der Waals surface area (Å²) < 4.78 is 0. The summed E-state index contributed by atoms with van der Waals surface area (Å²) in [6, 6.07) is -1.01. The number of aliphatic carboxylic acids is 1. The van der Waals surface area contributed by atoms with Gasteiger partial charge in [-0.25, -0.2) is 0 Å². The molecule has 116 valence electrons. The highest BCUT2D eigenvalue weighted by Gasteiger charge is 2.23. The van der Waals surface area contributed by atoms with E-state index in [4.69, 9.17) is 5.11 Å². The predicted octanol–water partition coefficient (Wildman–Crippen LogP) is 1.15. The monoisotopic (exact) mass is 286 g/mol. The van der Waals surface area contributed by atoms with Crippen LogP contribution in [-0.2, 0) is 14.4 Å². The summed E-state index contributed by atoms with van der Waals surface area (Å²) in [5, 5.41) is 13.9. The van der Waals surface area contributed by atoms with Crippen LogP contribution in [0.2, 0.25) is 0 Å². The van der Waals surface area contributed by atoms with E-state index in [2.05, 4.69) is 10.6 Å². The van der Waals surface area contributed by atoms with E-state index >= 15 is 0 Å². The summed E-state index contributed by atoms with van der Waals surface area (Å²) in [7, 11) is 0. The minimum absolute atomic E-state index is 0.265. The number of rotatable bonds is 9. The molecule has 0 bridgehead atoms. The summed E-state index contributed by atoms with van der Waals surface area (Å²) in [5.74, 6) is -1.20. The first kappa shape index (κ1) is 18.4. The standard InChI is InChI=1S/C14H26N2O4/c1-9(2)5-6-12(17)16-11(7-13(18)19)14(20)15-8-10(3)4/h9-11H,5-8H2,1-4H3,(H,15,20)(H,16,17)(H,18,19). The van der Waals surface area contributed by atoms with E-state index in [-0.39, 0.29) is 11.8 Å². The highest BCUT2D eigenvalue weighted by atomic mass is 16.4. The number of hydrogen-bond donors (Lipinski definition) is 3. The van der Waals surface area contributed by atoms with Crippen molar-refractivity contribution in [2.45, 2.75) is 53.0 Å². The molecular formula is C14H26N2O4. The van der Waals surface area contributed by atoms with Crippen molar-refractivity contribution in [3.05, 3.63) is 0 Å². The van der Waals surface area contributed by atoms with E-state index in [1.54, 1.807) is 0 Å². The van der Waals surface area contributed by atoms with Crippen molar-refractivity contribution in [1.82, 2.24) is 10.6 Å². The van der Waals surface area contributed by atoms with E-state index in [0.717, 1.165) is 0 Å². The molecule has 0 saturated carbocycles. The van der Waals surface area contributed by atoms with Crippen molar-refractivity contribution in [1.29, 1.82) is 0 Å². The molecule has 6 nitrogen and oxygen atoms in total. The van der Waals surface area contributed by atoms with Gasteiger partial charge in [-0.3, -0.25) is 14.4 Å². The highest BCUT2D eigenvalue weighted by Crippen LogP contribution is 2.04. The van der Waals surface area contributed by atoms with Crippen LogP contribution in [0, 0.1) is 11.8 Å². The molecule has 0 aliphatic rings.